The van der Waals surface area contributed by atoms with Crippen molar-refractivity contribution < 1.29 is 24.3 Å². The van der Waals surface area contributed by atoms with E-state index in [1.807, 2.05) is 9.47 Å². The van der Waals surface area contributed by atoms with Crippen LogP contribution < -0.4 is 0 Å². The minimum Gasteiger partial charge on any atom is -0.394 e. The first-order chi connectivity index (χ1) is 21.0. The predicted molar refractivity (Wildman–Crippen MR) is 186 cm³/mol. The summed E-state index contributed by atoms with van der Waals surface area (Å²) in [6.07, 6.45) is 33.3. The summed E-state index contributed by atoms with van der Waals surface area (Å²) in [5.41, 5.74) is -1.97. The molecule has 0 bridgehead atoms. The quantitative estimate of drug-likeness (QED) is 0.0414. The highest BCUT2D eigenvalue weighted by molar-refractivity contribution is 7.10. The van der Waals surface area contributed by atoms with E-state index in [0.29, 0.717) is 12.8 Å². The Morgan fingerprint density at radius 2 is 0.744 bits per heavy atom. The monoisotopic (exact) mass is 629 g/mol. The summed E-state index contributed by atoms with van der Waals surface area (Å²) < 4.78 is 5.36. The number of rotatable bonds is 35. The highest BCUT2D eigenvalue weighted by Crippen LogP contribution is 2.28. The number of carbonyl (C=O) groups is 2. The highest BCUT2D eigenvalue weighted by atomic mass is 31.0. The molecule has 0 aliphatic carbocycles. The summed E-state index contributed by atoms with van der Waals surface area (Å²) in [7, 11) is 2.00. The molecule has 0 radical (unpaired) electrons. The molecule has 0 aromatic rings. The average molecular weight is 629 g/mol. The minimum absolute atomic E-state index is 0.188. The van der Waals surface area contributed by atoms with E-state index in [9.17, 15) is 19.8 Å². The number of hydrogen-bond donors (Lipinski definition) is 2. The van der Waals surface area contributed by atoms with Crippen molar-refractivity contribution >= 4 is 21.0 Å². The van der Waals surface area contributed by atoms with Crippen LogP contribution in [-0.4, -0.2) is 40.1 Å². The molecule has 2 unspecified atom stereocenters. The van der Waals surface area contributed by atoms with Gasteiger partial charge in [0.15, 0.2) is 11.6 Å². The first kappa shape index (κ1) is 42.6. The van der Waals surface area contributed by atoms with Gasteiger partial charge in [-0.2, -0.15) is 0 Å². The van der Waals surface area contributed by atoms with Crippen LogP contribution in [-0.2, 0) is 14.1 Å². The minimum atomic E-state index is -1.97. The van der Waals surface area contributed by atoms with E-state index in [4.69, 9.17) is 4.52 Å². The lowest BCUT2D eigenvalue weighted by Gasteiger charge is -2.33. The molecule has 0 saturated carbocycles. The summed E-state index contributed by atoms with van der Waals surface area (Å²) in [5, 5.41) is 20.2. The van der Waals surface area contributed by atoms with Crippen LogP contribution in [0.4, 0.5) is 0 Å². The number of Topliss-reactive ketones (excluding diaryl/α,β-unsaturated/α-hetero) is 2. The molecule has 0 saturated heterocycles. The van der Waals surface area contributed by atoms with Gasteiger partial charge in [-0.15, -0.1) is 0 Å². The Balaban J connectivity index is 4.09. The molecule has 0 aromatic carbocycles. The van der Waals surface area contributed by atoms with Crippen LogP contribution in [0.15, 0.2) is 0 Å². The molecule has 0 aliphatic heterocycles. The summed E-state index contributed by atoms with van der Waals surface area (Å²) in [6, 6.07) is 0. The molecule has 0 rings (SSSR count). The van der Waals surface area contributed by atoms with Gasteiger partial charge < -0.3 is 14.7 Å². The number of ketones is 2. The SMILES string of the molecule is CCCCCCCCCCCCCCCCC(=O)C(OP)(C(=O)CCCCCCCCCCCCCCCC)C(O)CO. The molecule has 5 nitrogen and oxygen atoms in total. The van der Waals surface area contributed by atoms with Gasteiger partial charge in [0.25, 0.3) is 0 Å². The molecule has 0 amide bonds. The molecule has 6 heteroatoms. The van der Waals surface area contributed by atoms with E-state index < -0.39 is 29.9 Å². The van der Waals surface area contributed by atoms with Gasteiger partial charge in [-0.25, -0.2) is 0 Å². The van der Waals surface area contributed by atoms with Crippen LogP contribution in [0.5, 0.6) is 0 Å². The zero-order chi connectivity index (χ0) is 31.9. The van der Waals surface area contributed by atoms with E-state index in [-0.39, 0.29) is 12.8 Å². The number of aliphatic hydroxyl groups is 2. The largest absolute Gasteiger partial charge is 0.394 e. The van der Waals surface area contributed by atoms with Gasteiger partial charge in [-0.05, 0) is 12.8 Å². The lowest BCUT2D eigenvalue weighted by Crippen LogP contribution is -2.57. The molecule has 0 aliphatic rings. The third-order valence-corrected chi connectivity index (χ3v) is 9.54. The fourth-order valence-electron chi connectivity index (χ4n) is 6.20. The second kappa shape index (κ2) is 31.6. The molecule has 2 atom stereocenters. The van der Waals surface area contributed by atoms with Crippen molar-refractivity contribution in [2.24, 2.45) is 0 Å². The van der Waals surface area contributed by atoms with Crippen molar-refractivity contribution in [3.8, 4) is 0 Å². The van der Waals surface area contributed by atoms with Crippen LogP contribution in [0, 0.1) is 0 Å². The molecule has 43 heavy (non-hydrogen) atoms. The van der Waals surface area contributed by atoms with Crippen molar-refractivity contribution in [1.29, 1.82) is 0 Å². The molecular weight excluding hydrogens is 555 g/mol. The van der Waals surface area contributed by atoms with Crippen molar-refractivity contribution in [3.63, 3.8) is 0 Å². The van der Waals surface area contributed by atoms with Gasteiger partial charge in [0.05, 0.1) is 6.61 Å². The summed E-state index contributed by atoms with van der Waals surface area (Å²) in [4.78, 5) is 26.3. The maximum atomic E-state index is 13.2. The van der Waals surface area contributed by atoms with E-state index in [1.54, 1.807) is 0 Å². The molecule has 256 valence electrons. The van der Waals surface area contributed by atoms with Gasteiger partial charge in [-0.3, -0.25) is 9.59 Å². The summed E-state index contributed by atoms with van der Waals surface area (Å²) in [6.45, 7) is 3.84. The van der Waals surface area contributed by atoms with Gasteiger partial charge in [-0.1, -0.05) is 181 Å². The van der Waals surface area contributed by atoms with Crippen LogP contribution in [0.25, 0.3) is 0 Å². The van der Waals surface area contributed by atoms with Gasteiger partial charge >= 0.3 is 0 Å². The second-order valence-electron chi connectivity index (χ2n) is 13.1. The first-order valence-electron chi connectivity index (χ1n) is 18.7. The molecule has 0 aromatic heterocycles. The topological polar surface area (TPSA) is 83.8 Å². The zero-order valence-electron chi connectivity index (χ0n) is 28.7. The Bertz CT molecular complexity index is 582. The van der Waals surface area contributed by atoms with Crippen molar-refractivity contribution in [2.75, 3.05) is 6.61 Å². The van der Waals surface area contributed by atoms with Crippen molar-refractivity contribution in [2.45, 2.75) is 218 Å². The van der Waals surface area contributed by atoms with Gasteiger partial charge in [0.2, 0.25) is 5.60 Å². The molecule has 0 fully saturated rings. The smallest absolute Gasteiger partial charge is 0.215 e. The maximum Gasteiger partial charge on any atom is 0.215 e. The molecular formula is C37H73O5P. The number of unbranched alkanes of at least 4 members (excludes halogenated alkanes) is 26. The van der Waals surface area contributed by atoms with Gasteiger partial charge in [0, 0.05) is 22.3 Å². The Kier molecular flexibility index (Phi) is 31.4. The van der Waals surface area contributed by atoms with Gasteiger partial charge in [0.1, 0.15) is 6.10 Å². The number of aliphatic hydroxyl groups excluding tert-OH is 2. The normalized spacial score (nSPS) is 12.6. The number of hydrogen-bond acceptors (Lipinski definition) is 5. The second-order valence-corrected chi connectivity index (χ2v) is 13.3. The van der Waals surface area contributed by atoms with E-state index >= 15 is 0 Å². The first-order valence-corrected chi connectivity index (χ1v) is 19.2. The van der Waals surface area contributed by atoms with E-state index in [0.717, 1.165) is 25.7 Å². The lowest BCUT2D eigenvalue weighted by atomic mass is 9.82. The average Bonchev–Trinajstić information content (AvgIpc) is 3.01. The zero-order valence-corrected chi connectivity index (χ0v) is 29.8. The fourth-order valence-corrected chi connectivity index (χ4v) is 6.62. The van der Waals surface area contributed by atoms with Crippen LogP contribution >= 0.6 is 9.47 Å². The Labute approximate surface area is 269 Å². The third-order valence-electron chi connectivity index (χ3n) is 9.17. The standard InChI is InChI=1S/C37H73O5P/c1-3-5-7-9-11-13-15-17-19-21-23-25-27-29-31-34(39)37(42-43,36(41)33-38)35(40)32-30-28-26-24-22-20-18-16-14-12-10-8-6-4-2/h36,38,41H,3-33,43H2,1-2H3. The fraction of sp³-hybridized carbons (Fsp3) is 0.946. The predicted octanol–water partition coefficient (Wildman–Crippen LogP) is 10.8. The maximum absolute atomic E-state index is 13.2. The van der Waals surface area contributed by atoms with Crippen molar-refractivity contribution in [3.05, 3.63) is 0 Å². The summed E-state index contributed by atoms with van der Waals surface area (Å²) in [5.74, 6) is -0.809. The van der Waals surface area contributed by atoms with Crippen LogP contribution in [0.3, 0.4) is 0 Å². The van der Waals surface area contributed by atoms with E-state index in [2.05, 4.69) is 13.8 Å². The van der Waals surface area contributed by atoms with Crippen molar-refractivity contribution in [1.82, 2.24) is 0 Å². The Morgan fingerprint density at radius 3 is 0.953 bits per heavy atom. The molecule has 0 heterocycles. The summed E-state index contributed by atoms with van der Waals surface area (Å²) >= 11 is 0. The van der Waals surface area contributed by atoms with E-state index in [1.165, 1.54) is 141 Å². The Morgan fingerprint density at radius 1 is 0.512 bits per heavy atom. The highest BCUT2D eigenvalue weighted by Gasteiger charge is 2.50. The molecule has 0 spiro atoms. The van der Waals surface area contributed by atoms with Crippen LogP contribution in [0.2, 0.25) is 0 Å². The third kappa shape index (κ3) is 21.9. The Hall–Kier alpha value is -0.350. The lowest BCUT2D eigenvalue weighted by molar-refractivity contribution is -0.160. The molecule has 2 N–H and O–H groups in total. The number of carbonyl (C=O) groups excluding carboxylic acids is 2. The van der Waals surface area contributed by atoms with Crippen LogP contribution in [0.1, 0.15) is 206 Å².